The minimum Gasteiger partial charge on any atom is -0.345 e. The molecule has 0 spiro atoms. The molecular weight excluding hydrogens is 250 g/mol. The SMILES string of the molecule is C1=C(c2ccccc2)N2C(c3ccccc3)=NOC2N1. The van der Waals surface area contributed by atoms with Gasteiger partial charge in [0, 0.05) is 11.8 Å². The molecule has 2 aromatic rings. The average Bonchev–Trinajstić information content (AvgIpc) is 3.10. The van der Waals surface area contributed by atoms with Crippen LogP contribution in [0.1, 0.15) is 11.1 Å². The predicted molar refractivity (Wildman–Crippen MR) is 77.2 cm³/mol. The lowest BCUT2D eigenvalue weighted by Gasteiger charge is -2.20. The predicted octanol–water partition coefficient (Wildman–Crippen LogP) is 2.57. The number of hydrogen-bond donors (Lipinski definition) is 1. The van der Waals surface area contributed by atoms with Crippen LogP contribution in [0, 0.1) is 0 Å². The zero-order valence-corrected chi connectivity index (χ0v) is 10.7. The molecule has 2 heterocycles. The standard InChI is InChI=1S/C16H13N3O/c1-3-7-12(8-4-1)14-11-17-16-19(14)15(18-20-16)13-9-5-2-6-10-13/h1-11,16-17H. The van der Waals surface area contributed by atoms with Crippen LogP contribution in [0.2, 0.25) is 0 Å². The molecule has 1 N–H and O–H groups in total. The summed E-state index contributed by atoms with van der Waals surface area (Å²) in [5, 5.41) is 7.40. The van der Waals surface area contributed by atoms with Crippen LogP contribution < -0.4 is 5.32 Å². The molecule has 0 bridgehead atoms. The Balaban J connectivity index is 1.73. The van der Waals surface area contributed by atoms with Gasteiger partial charge in [0.05, 0.1) is 5.70 Å². The first-order valence-corrected chi connectivity index (χ1v) is 6.53. The van der Waals surface area contributed by atoms with Gasteiger partial charge in [-0.25, -0.2) is 0 Å². The van der Waals surface area contributed by atoms with Gasteiger partial charge in [-0.3, -0.25) is 4.90 Å². The highest BCUT2D eigenvalue weighted by Gasteiger charge is 2.37. The van der Waals surface area contributed by atoms with Crippen LogP contribution >= 0.6 is 0 Å². The van der Waals surface area contributed by atoms with Crippen molar-refractivity contribution in [1.82, 2.24) is 10.2 Å². The molecule has 0 saturated carbocycles. The third-order valence-corrected chi connectivity index (χ3v) is 3.43. The molecular formula is C16H13N3O. The molecule has 0 fully saturated rings. The van der Waals surface area contributed by atoms with Crippen molar-refractivity contribution in [2.75, 3.05) is 0 Å². The summed E-state index contributed by atoms with van der Waals surface area (Å²) in [4.78, 5) is 7.52. The summed E-state index contributed by atoms with van der Waals surface area (Å²) >= 11 is 0. The second kappa shape index (κ2) is 4.42. The van der Waals surface area contributed by atoms with Crippen molar-refractivity contribution < 1.29 is 4.84 Å². The van der Waals surface area contributed by atoms with Crippen LogP contribution in [-0.4, -0.2) is 17.1 Å². The van der Waals surface area contributed by atoms with E-state index in [0.29, 0.717) is 0 Å². The fourth-order valence-electron chi connectivity index (χ4n) is 2.48. The molecule has 2 aromatic carbocycles. The van der Waals surface area contributed by atoms with Crippen LogP contribution in [0.3, 0.4) is 0 Å². The lowest BCUT2D eigenvalue weighted by atomic mass is 10.1. The Morgan fingerprint density at radius 3 is 2.25 bits per heavy atom. The molecule has 1 atom stereocenters. The summed E-state index contributed by atoms with van der Waals surface area (Å²) in [6, 6.07) is 20.3. The van der Waals surface area contributed by atoms with Crippen molar-refractivity contribution in [2.24, 2.45) is 5.16 Å². The highest BCUT2D eigenvalue weighted by atomic mass is 16.7. The van der Waals surface area contributed by atoms with Gasteiger partial charge in [-0.05, 0) is 5.56 Å². The van der Waals surface area contributed by atoms with Gasteiger partial charge in [-0.15, -0.1) is 0 Å². The van der Waals surface area contributed by atoms with Gasteiger partial charge in [-0.2, -0.15) is 0 Å². The second-order valence-electron chi connectivity index (χ2n) is 4.67. The van der Waals surface area contributed by atoms with E-state index in [2.05, 4.69) is 27.5 Å². The topological polar surface area (TPSA) is 36.9 Å². The first kappa shape index (κ1) is 11.1. The van der Waals surface area contributed by atoms with E-state index in [0.717, 1.165) is 22.7 Å². The summed E-state index contributed by atoms with van der Waals surface area (Å²) < 4.78 is 0. The van der Waals surface area contributed by atoms with Crippen LogP contribution in [0.25, 0.3) is 5.70 Å². The molecule has 0 aromatic heterocycles. The van der Waals surface area contributed by atoms with Gasteiger partial charge in [0.2, 0.25) is 0 Å². The number of amidine groups is 1. The Morgan fingerprint density at radius 1 is 0.900 bits per heavy atom. The summed E-state index contributed by atoms with van der Waals surface area (Å²) in [5.41, 5.74) is 3.24. The van der Waals surface area contributed by atoms with Crippen molar-refractivity contribution in [3.63, 3.8) is 0 Å². The van der Waals surface area contributed by atoms with Gasteiger partial charge in [-0.1, -0.05) is 65.8 Å². The molecule has 20 heavy (non-hydrogen) atoms. The van der Waals surface area contributed by atoms with Gasteiger partial charge < -0.3 is 10.2 Å². The van der Waals surface area contributed by atoms with Gasteiger partial charge in [0.25, 0.3) is 6.35 Å². The van der Waals surface area contributed by atoms with E-state index in [1.807, 2.05) is 54.7 Å². The monoisotopic (exact) mass is 263 g/mol. The Labute approximate surface area is 117 Å². The Morgan fingerprint density at radius 2 is 1.55 bits per heavy atom. The van der Waals surface area contributed by atoms with E-state index in [4.69, 9.17) is 4.84 Å². The number of nitrogens with one attached hydrogen (secondary N) is 1. The van der Waals surface area contributed by atoms with Crippen LogP contribution in [-0.2, 0) is 4.84 Å². The molecule has 0 amide bonds. The summed E-state index contributed by atoms with van der Waals surface area (Å²) in [5.74, 6) is 0.829. The third-order valence-electron chi connectivity index (χ3n) is 3.43. The zero-order chi connectivity index (χ0) is 13.4. The van der Waals surface area contributed by atoms with E-state index < -0.39 is 0 Å². The lowest BCUT2D eigenvalue weighted by molar-refractivity contribution is 0.0250. The third kappa shape index (κ3) is 1.66. The molecule has 0 aliphatic carbocycles. The average molecular weight is 263 g/mol. The van der Waals surface area contributed by atoms with Gasteiger partial charge in [0.1, 0.15) is 0 Å². The number of oxime groups is 1. The summed E-state index contributed by atoms with van der Waals surface area (Å²) in [6.07, 6.45) is 1.72. The quantitative estimate of drug-likeness (QED) is 0.904. The maximum Gasteiger partial charge on any atom is 0.281 e. The second-order valence-corrected chi connectivity index (χ2v) is 4.67. The zero-order valence-electron chi connectivity index (χ0n) is 10.7. The summed E-state index contributed by atoms with van der Waals surface area (Å²) in [6.45, 7) is 0. The molecule has 1 unspecified atom stereocenters. The molecule has 4 nitrogen and oxygen atoms in total. The molecule has 0 saturated heterocycles. The van der Waals surface area contributed by atoms with Gasteiger partial charge in [0.15, 0.2) is 5.84 Å². The Kier molecular flexibility index (Phi) is 2.45. The number of hydrogen-bond acceptors (Lipinski definition) is 4. The van der Waals surface area contributed by atoms with E-state index in [-0.39, 0.29) is 6.35 Å². The maximum atomic E-state index is 5.45. The van der Waals surface area contributed by atoms with Crippen molar-refractivity contribution in [3.05, 3.63) is 78.0 Å². The van der Waals surface area contributed by atoms with Crippen molar-refractivity contribution in [3.8, 4) is 0 Å². The Hall–Kier alpha value is -2.75. The van der Waals surface area contributed by atoms with E-state index in [1.54, 1.807) is 0 Å². The van der Waals surface area contributed by atoms with Crippen LogP contribution in [0.15, 0.2) is 72.0 Å². The largest absolute Gasteiger partial charge is 0.345 e. The maximum absolute atomic E-state index is 5.45. The number of benzene rings is 2. The van der Waals surface area contributed by atoms with E-state index in [9.17, 15) is 0 Å². The van der Waals surface area contributed by atoms with Crippen LogP contribution in [0.5, 0.6) is 0 Å². The van der Waals surface area contributed by atoms with Crippen molar-refractivity contribution >= 4 is 11.5 Å². The number of fused-ring (bicyclic) bond motifs is 1. The van der Waals surface area contributed by atoms with Gasteiger partial charge >= 0.3 is 0 Å². The van der Waals surface area contributed by atoms with E-state index in [1.165, 1.54) is 0 Å². The molecule has 0 radical (unpaired) electrons. The molecule has 2 aliphatic heterocycles. The van der Waals surface area contributed by atoms with Crippen molar-refractivity contribution in [1.29, 1.82) is 0 Å². The van der Waals surface area contributed by atoms with E-state index >= 15 is 0 Å². The highest BCUT2D eigenvalue weighted by molar-refractivity contribution is 6.04. The molecule has 4 heteroatoms. The highest BCUT2D eigenvalue weighted by Crippen LogP contribution is 2.31. The Bertz CT molecular complexity index is 620. The molecule has 2 aliphatic rings. The molecule has 4 rings (SSSR count). The lowest BCUT2D eigenvalue weighted by Crippen LogP contribution is -2.36. The first-order chi connectivity index (χ1) is 9.93. The number of rotatable bonds is 2. The minimum absolute atomic E-state index is 0.250. The smallest absolute Gasteiger partial charge is 0.281 e. The molecule has 98 valence electrons. The van der Waals surface area contributed by atoms with Crippen molar-refractivity contribution in [2.45, 2.75) is 6.35 Å². The first-order valence-electron chi connectivity index (χ1n) is 6.53. The summed E-state index contributed by atoms with van der Waals surface area (Å²) in [7, 11) is 0. The normalized spacial score (nSPS) is 19.8. The van der Waals surface area contributed by atoms with Crippen LogP contribution in [0.4, 0.5) is 0 Å². The number of nitrogens with zero attached hydrogens (tertiary/aromatic N) is 2. The minimum atomic E-state index is -0.250. The fraction of sp³-hybridized carbons (Fsp3) is 0.0625. The fourth-order valence-corrected chi connectivity index (χ4v) is 2.48.